The van der Waals surface area contributed by atoms with Crippen LogP contribution in [0.15, 0.2) is 72.8 Å². The Bertz CT molecular complexity index is 1170. The highest BCUT2D eigenvalue weighted by molar-refractivity contribution is 7.22. The van der Waals surface area contributed by atoms with Gasteiger partial charge in [0.05, 0.1) is 15.8 Å². The summed E-state index contributed by atoms with van der Waals surface area (Å²) in [7, 11) is 0. The molecule has 30 heavy (non-hydrogen) atoms. The number of hydrogen-bond acceptors (Lipinski definition) is 4. The third-order valence-corrected chi connectivity index (χ3v) is 6.64. The molecule has 1 aromatic heterocycles. The average molecular weight is 414 g/mol. The van der Waals surface area contributed by atoms with Crippen LogP contribution in [0.5, 0.6) is 0 Å². The molecule has 0 bridgehead atoms. The molecular weight excluding hydrogens is 390 g/mol. The maximum absolute atomic E-state index is 13.5. The molecule has 150 valence electrons. The second-order valence-corrected chi connectivity index (χ2v) is 8.76. The summed E-state index contributed by atoms with van der Waals surface area (Å²) >= 11 is 1.67. The van der Waals surface area contributed by atoms with Gasteiger partial charge in [-0.15, -0.1) is 0 Å². The lowest BCUT2D eigenvalue weighted by atomic mass is 9.95. The van der Waals surface area contributed by atoms with Crippen LogP contribution in [0.25, 0.3) is 21.3 Å². The molecule has 1 aliphatic rings. The molecule has 5 rings (SSSR count). The molecule has 0 aliphatic carbocycles. The predicted molar refractivity (Wildman–Crippen MR) is 124 cm³/mol. The van der Waals surface area contributed by atoms with Crippen molar-refractivity contribution in [3.05, 3.63) is 83.9 Å². The molecule has 1 saturated heterocycles. The van der Waals surface area contributed by atoms with Gasteiger partial charge in [-0.3, -0.25) is 4.79 Å². The fraction of sp³-hybridized carbons (Fsp3) is 0.200. The summed E-state index contributed by atoms with van der Waals surface area (Å²) in [6.07, 6.45) is 0.925. The molecule has 1 fully saturated rings. The van der Waals surface area contributed by atoms with Crippen molar-refractivity contribution >= 4 is 32.6 Å². The minimum atomic E-state index is 0.112. The summed E-state index contributed by atoms with van der Waals surface area (Å²) in [5.74, 6) is 0.112. The number of nitrogens with one attached hydrogen (secondary N) is 1. The smallest absolute Gasteiger partial charge is 0.254 e. The number of rotatable bonds is 4. The Morgan fingerprint density at radius 1 is 1.03 bits per heavy atom. The maximum Gasteiger partial charge on any atom is 0.254 e. The summed E-state index contributed by atoms with van der Waals surface area (Å²) in [5, 5.41) is 4.47. The van der Waals surface area contributed by atoms with Crippen LogP contribution in [0.3, 0.4) is 0 Å². The van der Waals surface area contributed by atoms with E-state index < -0.39 is 0 Å². The lowest BCUT2D eigenvalue weighted by Crippen LogP contribution is -2.32. The maximum atomic E-state index is 13.5. The number of carbonyl (C=O) groups excluding carboxylic acids is 1. The number of likely N-dealkylation sites (tertiary alicyclic amines) is 1. The second-order valence-electron chi connectivity index (χ2n) is 7.73. The summed E-state index contributed by atoms with van der Waals surface area (Å²) in [6.45, 7) is 3.47. The number of nitrogens with zero attached hydrogens (tertiary/aromatic N) is 2. The summed E-state index contributed by atoms with van der Waals surface area (Å²) in [6, 6.07) is 24.6. The zero-order valence-electron chi connectivity index (χ0n) is 16.8. The number of anilines is 1. The van der Waals surface area contributed by atoms with Crippen molar-refractivity contribution in [2.24, 2.45) is 0 Å². The van der Waals surface area contributed by atoms with Crippen molar-refractivity contribution < 1.29 is 4.79 Å². The third kappa shape index (κ3) is 3.57. The number of benzene rings is 3. The van der Waals surface area contributed by atoms with Crippen molar-refractivity contribution in [3.63, 3.8) is 0 Å². The van der Waals surface area contributed by atoms with Gasteiger partial charge in [0, 0.05) is 19.1 Å². The first-order valence-electron chi connectivity index (χ1n) is 10.3. The minimum absolute atomic E-state index is 0.112. The lowest BCUT2D eigenvalue weighted by molar-refractivity contribution is 0.0791. The quantitative estimate of drug-likeness (QED) is 0.474. The van der Waals surface area contributed by atoms with Gasteiger partial charge >= 0.3 is 0 Å². The van der Waals surface area contributed by atoms with Gasteiger partial charge in [-0.1, -0.05) is 72.0 Å². The normalized spacial score (nSPS) is 16.2. The van der Waals surface area contributed by atoms with Crippen LogP contribution in [-0.2, 0) is 0 Å². The van der Waals surface area contributed by atoms with Crippen molar-refractivity contribution in [1.29, 1.82) is 0 Å². The highest BCUT2D eigenvalue weighted by Crippen LogP contribution is 2.30. The molecular formula is C25H23N3OS. The number of hydrogen-bond donors (Lipinski definition) is 1. The first-order valence-corrected chi connectivity index (χ1v) is 11.1. The van der Waals surface area contributed by atoms with E-state index in [-0.39, 0.29) is 11.9 Å². The average Bonchev–Trinajstić information content (AvgIpc) is 3.40. The van der Waals surface area contributed by atoms with E-state index in [2.05, 4.69) is 28.5 Å². The first-order chi connectivity index (χ1) is 14.7. The van der Waals surface area contributed by atoms with Gasteiger partial charge in [0.15, 0.2) is 5.13 Å². The van der Waals surface area contributed by atoms with Gasteiger partial charge in [0.1, 0.15) is 0 Å². The van der Waals surface area contributed by atoms with Crippen molar-refractivity contribution in [2.75, 3.05) is 18.4 Å². The van der Waals surface area contributed by atoms with Crippen LogP contribution in [-0.4, -0.2) is 34.9 Å². The minimum Gasteiger partial charge on any atom is -0.357 e. The molecule has 0 radical (unpaired) electrons. The van der Waals surface area contributed by atoms with Crippen LogP contribution in [0, 0.1) is 6.92 Å². The number of carbonyl (C=O) groups is 1. The van der Waals surface area contributed by atoms with Crippen molar-refractivity contribution in [1.82, 2.24) is 9.88 Å². The molecule has 2 heterocycles. The molecule has 0 saturated carbocycles. The first kappa shape index (κ1) is 18.8. The van der Waals surface area contributed by atoms with Gasteiger partial charge < -0.3 is 10.2 Å². The summed E-state index contributed by atoms with van der Waals surface area (Å²) in [4.78, 5) is 20.1. The summed E-state index contributed by atoms with van der Waals surface area (Å²) in [5.41, 5.74) is 4.92. The Morgan fingerprint density at radius 2 is 1.83 bits per heavy atom. The van der Waals surface area contributed by atoms with Crippen molar-refractivity contribution in [3.8, 4) is 11.1 Å². The van der Waals surface area contributed by atoms with Crippen LogP contribution < -0.4 is 5.32 Å². The molecule has 1 amide bonds. The Hall–Kier alpha value is -3.18. The molecule has 1 aliphatic heterocycles. The Labute approximate surface area is 180 Å². The largest absolute Gasteiger partial charge is 0.357 e. The van der Waals surface area contributed by atoms with Gasteiger partial charge in [0.2, 0.25) is 0 Å². The second kappa shape index (κ2) is 7.92. The van der Waals surface area contributed by atoms with Crippen LogP contribution in [0.1, 0.15) is 22.3 Å². The third-order valence-electron chi connectivity index (χ3n) is 5.67. The van der Waals surface area contributed by atoms with Gasteiger partial charge in [-0.05, 0) is 42.2 Å². The zero-order chi connectivity index (χ0) is 20.5. The van der Waals surface area contributed by atoms with Crippen LogP contribution >= 0.6 is 11.3 Å². The Balaban J connectivity index is 1.35. The van der Waals surface area contributed by atoms with Crippen molar-refractivity contribution in [2.45, 2.75) is 19.4 Å². The molecule has 4 nitrogen and oxygen atoms in total. The van der Waals surface area contributed by atoms with E-state index in [1.54, 1.807) is 11.3 Å². The SMILES string of the molecule is Cc1cccc(-c2ccccc2)c1C(=O)N1CCC(Nc2nc3ccccc3s2)C1. The Morgan fingerprint density at radius 3 is 2.67 bits per heavy atom. The van der Waals surface area contributed by atoms with E-state index in [0.29, 0.717) is 6.54 Å². The summed E-state index contributed by atoms with van der Waals surface area (Å²) < 4.78 is 1.18. The van der Waals surface area contributed by atoms with E-state index in [1.807, 2.05) is 66.4 Å². The molecule has 4 aromatic rings. The fourth-order valence-electron chi connectivity index (χ4n) is 4.14. The molecule has 1 atom stereocenters. The molecule has 1 unspecified atom stereocenters. The van der Waals surface area contributed by atoms with Crippen LogP contribution in [0.2, 0.25) is 0 Å². The van der Waals surface area contributed by atoms with E-state index in [4.69, 9.17) is 0 Å². The molecule has 5 heteroatoms. The standard InChI is InChI=1S/C25H23N3OS/c1-17-8-7-11-20(18-9-3-2-4-10-18)23(17)24(29)28-15-14-19(16-28)26-25-27-21-12-5-6-13-22(21)30-25/h2-13,19H,14-16H2,1H3,(H,26,27). The number of para-hydroxylation sites is 1. The van der Waals surface area contributed by atoms with E-state index in [1.165, 1.54) is 4.70 Å². The number of fused-ring (bicyclic) bond motifs is 1. The van der Waals surface area contributed by atoms with E-state index in [0.717, 1.165) is 45.9 Å². The molecule has 0 spiro atoms. The zero-order valence-corrected chi connectivity index (χ0v) is 17.7. The topological polar surface area (TPSA) is 45.2 Å². The lowest BCUT2D eigenvalue weighted by Gasteiger charge is -2.20. The predicted octanol–water partition coefficient (Wildman–Crippen LogP) is 5.60. The number of amides is 1. The van der Waals surface area contributed by atoms with Gasteiger partial charge in [-0.2, -0.15) is 0 Å². The van der Waals surface area contributed by atoms with Gasteiger partial charge in [-0.25, -0.2) is 4.98 Å². The Kier molecular flexibility index (Phi) is 4.97. The van der Waals surface area contributed by atoms with E-state index >= 15 is 0 Å². The molecule has 3 aromatic carbocycles. The van der Waals surface area contributed by atoms with E-state index in [9.17, 15) is 4.79 Å². The number of aryl methyl sites for hydroxylation is 1. The number of aromatic nitrogens is 1. The van der Waals surface area contributed by atoms with Crippen LogP contribution in [0.4, 0.5) is 5.13 Å². The molecule has 1 N–H and O–H groups in total. The van der Waals surface area contributed by atoms with Gasteiger partial charge in [0.25, 0.3) is 5.91 Å². The fourth-order valence-corrected chi connectivity index (χ4v) is 5.08. The highest BCUT2D eigenvalue weighted by atomic mass is 32.1. The number of thiazole rings is 1. The monoisotopic (exact) mass is 413 g/mol. The highest BCUT2D eigenvalue weighted by Gasteiger charge is 2.29.